The summed E-state index contributed by atoms with van der Waals surface area (Å²) in [6.45, 7) is 4.25. The minimum absolute atomic E-state index is 0.941. The zero-order chi connectivity index (χ0) is 38.1. The molecule has 2 nitrogen and oxygen atoms in total. The molecule has 0 saturated heterocycles. The number of hydrogen-bond acceptors (Lipinski definition) is 2. The van der Waals surface area contributed by atoms with Gasteiger partial charge in [0.15, 0.2) is 0 Å². The maximum atomic E-state index is 3.39. The highest BCUT2D eigenvalue weighted by Crippen LogP contribution is 2.38. The summed E-state index contributed by atoms with van der Waals surface area (Å²) in [4.78, 5) is 4.58. The van der Waals surface area contributed by atoms with Gasteiger partial charge in [0.2, 0.25) is 0 Å². The average Bonchev–Trinajstić information content (AvgIpc) is 3.26. The summed E-state index contributed by atoms with van der Waals surface area (Å²) in [5.74, 6) is 0. The number of nitrogens with zero attached hydrogens (tertiary/aromatic N) is 2. The Hall–Kier alpha value is -7.08. The van der Waals surface area contributed by atoms with Gasteiger partial charge in [-0.1, -0.05) is 163 Å². The van der Waals surface area contributed by atoms with Gasteiger partial charge in [0, 0.05) is 34.2 Å². The number of benzene rings is 6. The second-order valence-electron chi connectivity index (χ2n) is 14.2. The van der Waals surface area contributed by atoms with E-state index < -0.39 is 0 Å². The van der Waals surface area contributed by atoms with Gasteiger partial charge in [-0.3, -0.25) is 0 Å². The number of anilines is 5. The van der Waals surface area contributed by atoms with Crippen LogP contribution in [-0.4, -0.2) is 0 Å². The van der Waals surface area contributed by atoms with Crippen molar-refractivity contribution < 1.29 is 0 Å². The molecule has 0 aromatic heterocycles. The van der Waals surface area contributed by atoms with E-state index in [1.807, 2.05) is 12.1 Å². The molecule has 270 valence electrons. The maximum Gasteiger partial charge on any atom is 0.0969 e. The van der Waals surface area contributed by atoms with Crippen molar-refractivity contribution >= 4 is 56.9 Å². The molecular weight excluding hydrogens is 677 g/mol. The summed E-state index contributed by atoms with van der Waals surface area (Å²) >= 11 is 0. The molecule has 0 fully saturated rings. The van der Waals surface area contributed by atoms with Crippen LogP contribution in [0.2, 0.25) is 0 Å². The van der Waals surface area contributed by atoms with Crippen molar-refractivity contribution in [2.24, 2.45) is 0 Å². The first-order chi connectivity index (χ1) is 27.6. The molecule has 0 aliphatic heterocycles. The van der Waals surface area contributed by atoms with Crippen LogP contribution in [-0.2, 0) is 0 Å². The van der Waals surface area contributed by atoms with E-state index in [1.54, 1.807) is 0 Å². The molecule has 0 heterocycles. The molecule has 0 bridgehead atoms. The fraction of sp³-hybridized carbons (Fsp3) is 0.0741. The van der Waals surface area contributed by atoms with E-state index in [-0.39, 0.29) is 0 Å². The van der Waals surface area contributed by atoms with Crippen LogP contribution in [0.3, 0.4) is 0 Å². The van der Waals surface area contributed by atoms with Gasteiger partial charge in [0.05, 0.1) is 11.4 Å². The van der Waals surface area contributed by atoms with Crippen molar-refractivity contribution in [3.8, 4) is 0 Å². The predicted molar refractivity (Wildman–Crippen MR) is 240 cm³/mol. The maximum absolute atomic E-state index is 3.39. The third kappa shape index (κ3) is 8.19. The van der Waals surface area contributed by atoms with Crippen molar-refractivity contribution in [3.05, 3.63) is 240 Å². The van der Waals surface area contributed by atoms with Crippen molar-refractivity contribution in [2.45, 2.75) is 26.7 Å². The zero-order valence-corrected chi connectivity index (χ0v) is 31.9. The lowest BCUT2D eigenvalue weighted by Crippen LogP contribution is -2.11. The molecule has 1 aliphatic rings. The Kier molecular flexibility index (Phi) is 10.9. The number of aryl methyl sites for hydroxylation is 2. The summed E-state index contributed by atoms with van der Waals surface area (Å²) in [6, 6.07) is 62.6. The van der Waals surface area contributed by atoms with Gasteiger partial charge in [-0.2, -0.15) is 0 Å². The molecule has 8 rings (SSSR count). The Bertz CT molecular complexity index is 2510. The number of allylic oxidation sites excluding steroid dienone is 7. The lowest BCUT2D eigenvalue weighted by Gasteiger charge is -2.25. The highest BCUT2D eigenvalue weighted by Gasteiger charge is 2.17. The third-order valence-corrected chi connectivity index (χ3v) is 10.2. The smallest absolute Gasteiger partial charge is 0.0969 e. The standard InChI is InChI=1S/C54H44N2/c1-41-26-33-48(34-27-41)56(49-35-28-42(2)29-36-49)50-37-30-43(31-38-50)16-12-13-21-46-32-39-54(52-25-15-14-24-51(46)52)55(47-22-10-5-11-23-47)40-53(44-17-6-3-7-18-44)45-19-8-4-9-20-45/h3-8,10,12-19,21-22,24-40H,9,20H2,1-2H3/b16-12+,21-13+,53-40-. The lowest BCUT2D eigenvalue weighted by molar-refractivity contribution is 0.994. The minimum Gasteiger partial charge on any atom is -0.311 e. The van der Waals surface area contributed by atoms with Crippen LogP contribution < -0.4 is 9.80 Å². The Balaban J connectivity index is 1.09. The van der Waals surface area contributed by atoms with E-state index in [0.29, 0.717) is 0 Å². The Morgan fingerprint density at radius 2 is 1.25 bits per heavy atom. The van der Waals surface area contributed by atoms with Gasteiger partial charge in [-0.15, -0.1) is 0 Å². The summed E-state index contributed by atoms with van der Waals surface area (Å²) in [7, 11) is 0. The van der Waals surface area contributed by atoms with E-state index in [0.717, 1.165) is 52.4 Å². The average molecular weight is 721 g/mol. The van der Waals surface area contributed by atoms with Crippen LogP contribution in [0.4, 0.5) is 28.4 Å². The molecule has 0 spiro atoms. The summed E-state index contributed by atoms with van der Waals surface area (Å²) in [6.07, 6.45) is 19.6. The highest BCUT2D eigenvalue weighted by atomic mass is 15.1. The van der Waals surface area contributed by atoms with Gasteiger partial charge < -0.3 is 9.80 Å². The van der Waals surface area contributed by atoms with Crippen molar-refractivity contribution in [1.29, 1.82) is 0 Å². The fourth-order valence-electron chi connectivity index (χ4n) is 7.23. The summed E-state index contributed by atoms with van der Waals surface area (Å²) in [5, 5.41) is 2.35. The van der Waals surface area contributed by atoms with E-state index in [1.165, 1.54) is 38.6 Å². The van der Waals surface area contributed by atoms with Crippen LogP contribution in [0.1, 0.15) is 40.7 Å². The first kappa shape index (κ1) is 35.9. The second kappa shape index (κ2) is 16.9. The van der Waals surface area contributed by atoms with Gasteiger partial charge >= 0.3 is 0 Å². The van der Waals surface area contributed by atoms with Crippen LogP contribution >= 0.6 is 0 Å². The molecule has 2 heteroatoms. The summed E-state index contributed by atoms with van der Waals surface area (Å²) in [5.41, 5.74) is 13.9. The zero-order valence-electron chi connectivity index (χ0n) is 31.9. The largest absolute Gasteiger partial charge is 0.311 e. The van der Waals surface area contributed by atoms with Crippen LogP contribution in [0.15, 0.2) is 200 Å². The Labute approximate surface area is 332 Å². The van der Waals surface area contributed by atoms with Crippen molar-refractivity contribution in [1.82, 2.24) is 0 Å². The molecule has 0 saturated carbocycles. The lowest BCUT2D eigenvalue weighted by atomic mass is 9.92. The fourth-order valence-corrected chi connectivity index (χ4v) is 7.23. The minimum atomic E-state index is 0.941. The first-order valence-corrected chi connectivity index (χ1v) is 19.3. The summed E-state index contributed by atoms with van der Waals surface area (Å²) < 4.78 is 0. The number of rotatable bonds is 11. The molecule has 0 radical (unpaired) electrons. The highest BCUT2D eigenvalue weighted by molar-refractivity contribution is 6.02. The molecule has 1 aliphatic carbocycles. The van der Waals surface area contributed by atoms with Crippen molar-refractivity contribution in [3.63, 3.8) is 0 Å². The molecule has 7 aromatic rings. The number of fused-ring (bicyclic) bond motifs is 1. The topological polar surface area (TPSA) is 6.48 Å². The molecular formula is C54H44N2. The molecule has 7 aromatic carbocycles. The normalized spacial score (nSPS) is 12.9. The van der Waals surface area contributed by atoms with E-state index in [4.69, 9.17) is 0 Å². The molecule has 0 amide bonds. The van der Waals surface area contributed by atoms with Gasteiger partial charge in [-0.25, -0.2) is 0 Å². The van der Waals surface area contributed by atoms with Crippen molar-refractivity contribution in [2.75, 3.05) is 9.80 Å². The van der Waals surface area contributed by atoms with Crippen LogP contribution in [0, 0.1) is 26.0 Å². The second-order valence-corrected chi connectivity index (χ2v) is 14.2. The van der Waals surface area contributed by atoms with Crippen LogP contribution in [0.5, 0.6) is 0 Å². The first-order valence-electron chi connectivity index (χ1n) is 19.3. The quantitative estimate of drug-likeness (QED) is 0.123. The monoisotopic (exact) mass is 720 g/mol. The van der Waals surface area contributed by atoms with Gasteiger partial charge in [0.1, 0.15) is 0 Å². The molecule has 0 atom stereocenters. The van der Waals surface area contributed by atoms with E-state index in [2.05, 4.69) is 230 Å². The predicted octanol–water partition coefficient (Wildman–Crippen LogP) is 14.7. The molecule has 56 heavy (non-hydrogen) atoms. The Morgan fingerprint density at radius 1 is 0.607 bits per heavy atom. The number of hydrogen-bond donors (Lipinski definition) is 0. The Morgan fingerprint density at radius 3 is 1.89 bits per heavy atom. The van der Waals surface area contributed by atoms with E-state index >= 15 is 0 Å². The molecule has 0 N–H and O–H groups in total. The van der Waals surface area contributed by atoms with Gasteiger partial charge in [-0.05, 0) is 115 Å². The molecule has 0 unspecified atom stereocenters. The third-order valence-electron chi connectivity index (χ3n) is 10.2. The SMILES string of the molecule is Cc1ccc(N(c2ccc(C)cc2)c2ccc(/C=C/C=C/c3ccc(N(/C=C(\C4=CC=CCC4)c4ccccc4)c4c#cccc4)c4ccccc34)cc2)cc1. The van der Waals surface area contributed by atoms with Crippen LogP contribution in [0.25, 0.3) is 28.5 Å². The van der Waals surface area contributed by atoms with Gasteiger partial charge in [0.25, 0.3) is 0 Å². The van der Waals surface area contributed by atoms with E-state index in [9.17, 15) is 0 Å².